The molecule has 1 aliphatic heterocycles. The van der Waals surface area contributed by atoms with Gasteiger partial charge >= 0.3 is 0 Å². The monoisotopic (exact) mass is 295 g/mol. The van der Waals surface area contributed by atoms with Crippen LogP contribution < -0.4 is 10.1 Å². The molecule has 4 nitrogen and oxygen atoms in total. The second kappa shape index (κ2) is 5.64. The van der Waals surface area contributed by atoms with Crippen LogP contribution >= 0.6 is 0 Å². The Kier molecular flexibility index (Phi) is 3.67. The van der Waals surface area contributed by atoms with Crippen molar-refractivity contribution in [3.05, 3.63) is 53.1 Å². The average Bonchev–Trinajstić information content (AvgIpc) is 2.82. The van der Waals surface area contributed by atoms with Crippen molar-refractivity contribution in [2.45, 2.75) is 20.3 Å². The van der Waals surface area contributed by atoms with Crippen LogP contribution in [0.15, 0.2) is 36.4 Å². The maximum atomic E-state index is 12.1. The third-order valence-electron chi connectivity index (χ3n) is 3.82. The largest absolute Gasteiger partial charge is 0.494 e. The first-order chi connectivity index (χ1) is 10.7. The third kappa shape index (κ3) is 2.26. The molecule has 0 aromatic heterocycles. The number of hydrogen-bond donors (Lipinski definition) is 1. The van der Waals surface area contributed by atoms with Crippen LogP contribution in [0.3, 0.4) is 0 Å². The molecular formula is C18H17NO3. The van der Waals surface area contributed by atoms with Crippen molar-refractivity contribution in [1.29, 1.82) is 0 Å². The van der Waals surface area contributed by atoms with Crippen molar-refractivity contribution in [2.24, 2.45) is 0 Å². The van der Waals surface area contributed by atoms with Crippen LogP contribution in [-0.2, 0) is 6.42 Å². The minimum Gasteiger partial charge on any atom is -0.494 e. The predicted octanol–water partition coefficient (Wildman–Crippen LogP) is 3.20. The highest BCUT2D eigenvalue weighted by Crippen LogP contribution is 2.32. The molecule has 1 aliphatic rings. The molecule has 4 heteroatoms. The molecule has 0 atom stereocenters. The van der Waals surface area contributed by atoms with E-state index in [1.807, 2.05) is 44.2 Å². The fourth-order valence-electron chi connectivity index (χ4n) is 2.89. The van der Waals surface area contributed by atoms with Gasteiger partial charge in [-0.05, 0) is 48.2 Å². The first-order valence-corrected chi connectivity index (χ1v) is 7.40. The lowest BCUT2D eigenvalue weighted by Gasteiger charge is -2.13. The lowest BCUT2D eigenvalue weighted by Crippen LogP contribution is -2.20. The number of fused-ring (bicyclic) bond motifs is 1. The van der Waals surface area contributed by atoms with Gasteiger partial charge in [0.25, 0.3) is 11.8 Å². The van der Waals surface area contributed by atoms with E-state index in [1.54, 1.807) is 6.07 Å². The van der Waals surface area contributed by atoms with Gasteiger partial charge in [-0.1, -0.05) is 25.1 Å². The maximum absolute atomic E-state index is 12.1. The number of nitrogens with one attached hydrogen (secondary N) is 1. The second-order valence-electron chi connectivity index (χ2n) is 5.11. The van der Waals surface area contributed by atoms with Gasteiger partial charge in [0.1, 0.15) is 5.75 Å². The van der Waals surface area contributed by atoms with E-state index < -0.39 is 0 Å². The zero-order valence-corrected chi connectivity index (χ0v) is 12.6. The molecule has 0 saturated carbocycles. The number of imide groups is 1. The molecule has 2 aromatic rings. The van der Waals surface area contributed by atoms with Gasteiger partial charge in [-0.2, -0.15) is 0 Å². The van der Waals surface area contributed by atoms with E-state index in [4.69, 9.17) is 4.74 Å². The minimum absolute atomic E-state index is 0.306. The van der Waals surface area contributed by atoms with Crippen LogP contribution in [0.4, 0.5) is 0 Å². The predicted molar refractivity (Wildman–Crippen MR) is 84.2 cm³/mol. The van der Waals surface area contributed by atoms with Gasteiger partial charge in [-0.3, -0.25) is 14.9 Å². The number of benzene rings is 2. The molecule has 0 saturated heterocycles. The smallest absolute Gasteiger partial charge is 0.259 e. The summed E-state index contributed by atoms with van der Waals surface area (Å²) in [4.78, 5) is 23.8. The zero-order valence-electron chi connectivity index (χ0n) is 12.6. The molecule has 22 heavy (non-hydrogen) atoms. The summed E-state index contributed by atoms with van der Waals surface area (Å²) in [5, 5.41) is 2.36. The van der Waals surface area contributed by atoms with Crippen molar-refractivity contribution < 1.29 is 14.3 Å². The van der Waals surface area contributed by atoms with Crippen molar-refractivity contribution in [3.8, 4) is 16.9 Å². The van der Waals surface area contributed by atoms with E-state index in [0.29, 0.717) is 24.2 Å². The summed E-state index contributed by atoms with van der Waals surface area (Å²) in [6, 6.07) is 11.4. The Balaban J connectivity index is 2.16. The van der Waals surface area contributed by atoms with Gasteiger partial charge in [0, 0.05) is 0 Å². The summed E-state index contributed by atoms with van der Waals surface area (Å²) in [6.07, 6.45) is 0.679. The summed E-state index contributed by atoms with van der Waals surface area (Å²) in [6.45, 7) is 4.53. The van der Waals surface area contributed by atoms with Gasteiger partial charge < -0.3 is 4.74 Å². The molecule has 0 bridgehead atoms. The minimum atomic E-state index is -0.315. The average molecular weight is 295 g/mol. The SMILES string of the molecule is CCOc1cccc(-c2ccc3c(c2CC)C(=O)NC3=O)c1. The van der Waals surface area contributed by atoms with E-state index >= 15 is 0 Å². The van der Waals surface area contributed by atoms with Crippen molar-refractivity contribution in [3.63, 3.8) is 0 Å². The Morgan fingerprint density at radius 1 is 1.00 bits per heavy atom. The first-order valence-electron chi connectivity index (χ1n) is 7.40. The molecule has 1 heterocycles. The van der Waals surface area contributed by atoms with Crippen LogP contribution in [0, 0.1) is 0 Å². The number of amides is 2. The Morgan fingerprint density at radius 3 is 2.50 bits per heavy atom. The molecule has 0 radical (unpaired) electrons. The lowest BCUT2D eigenvalue weighted by molar-refractivity contribution is 0.0879. The fourth-order valence-corrected chi connectivity index (χ4v) is 2.89. The highest BCUT2D eigenvalue weighted by atomic mass is 16.5. The van der Waals surface area contributed by atoms with E-state index in [0.717, 1.165) is 22.4 Å². The van der Waals surface area contributed by atoms with Gasteiger partial charge in [0.15, 0.2) is 0 Å². The molecule has 0 spiro atoms. The summed E-state index contributed by atoms with van der Waals surface area (Å²) in [7, 11) is 0. The summed E-state index contributed by atoms with van der Waals surface area (Å²) < 4.78 is 5.54. The molecule has 0 unspecified atom stereocenters. The summed E-state index contributed by atoms with van der Waals surface area (Å²) in [5.74, 6) is 0.173. The van der Waals surface area contributed by atoms with Gasteiger partial charge in [-0.15, -0.1) is 0 Å². The molecule has 1 N–H and O–H groups in total. The maximum Gasteiger partial charge on any atom is 0.259 e. The van der Waals surface area contributed by atoms with Crippen molar-refractivity contribution >= 4 is 11.8 Å². The highest BCUT2D eigenvalue weighted by Gasteiger charge is 2.30. The first kappa shape index (κ1) is 14.3. The second-order valence-corrected chi connectivity index (χ2v) is 5.11. The Morgan fingerprint density at radius 2 is 1.77 bits per heavy atom. The highest BCUT2D eigenvalue weighted by molar-refractivity contribution is 6.22. The van der Waals surface area contributed by atoms with E-state index in [-0.39, 0.29) is 11.8 Å². The summed E-state index contributed by atoms with van der Waals surface area (Å²) in [5.41, 5.74) is 3.82. The Bertz CT molecular complexity index is 765. The van der Waals surface area contributed by atoms with Crippen molar-refractivity contribution in [1.82, 2.24) is 5.32 Å². The van der Waals surface area contributed by atoms with E-state index in [9.17, 15) is 9.59 Å². The fraction of sp³-hybridized carbons (Fsp3) is 0.222. The molecule has 2 amide bonds. The van der Waals surface area contributed by atoms with Crippen LogP contribution in [0.2, 0.25) is 0 Å². The summed E-state index contributed by atoms with van der Waals surface area (Å²) >= 11 is 0. The molecule has 0 aliphatic carbocycles. The quantitative estimate of drug-likeness (QED) is 0.881. The van der Waals surface area contributed by atoms with Crippen LogP contribution in [0.5, 0.6) is 5.75 Å². The van der Waals surface area contributed by atoms with Crippen LogP contribution in [0.1, 0.15) is 40.1 Å². The number of rotatable bonds is 4. The topological polar surface area (TPSA) is 55.4 Å². The zero-order chi connectivity index (χ0) is 15.7. The number of carbonyl (C=O) groups excluding carboxylic acids is 2. The van der Waals surface area contributed by atoms with Gasteiger partial charge in [-0.25, -0.2) is 0 Å². The number of ether oxygens (including phenoxy) is 1. The van der Waals surface area contributed by atoms with Gasteiger partial charge in [0.2, 0.25) is 0 Å². The molecule has 112 valence electrons. The number of hydrogen-bond acceptors (Lipinski definition) is 3. The van der Waals surface area contributed by atoms with E-state index in [2.05, 4.69) is 5.32 Å². The standard InChI is InChI=1S/C18H17NO3/c1-3-13-14(11-6-5-7-12(10-11)22-4-2)8-9-15-16(13)18(21)19-17(15)20/h5-10H,3-4H2,1-2H3,(H,19,20,21). The Hall–Kier alpha value is -2.62. The lowest BCUT2D eigenvalue weighted by atomic mass is 9.91. The molecule has 2 aromatic carbocycles. The molecule has 3 rings (SSSR count). The normalized spacial score (nSPS) is 13.0. The molecular weight excluding hydrogens is 278 g/mol. The third-order valence-corrected chi connectivity index (χ3v) is 3.82. The van der Waals surface area contributed by atoms with Gasteiger partial charge in [0.05, 0.1) is 17.7 Å². The Labute approximate surface area is 129 Å². The molecule has 0 fully saturated rings. The number of carbonyl (C=O) groups is 2. The van der Waals surface area contributed by atoms with Crippen LogP contribution in [0.25, 0.3) is 11.1 Å². The van der Waals surface area contributed by atoms with Crippen molar-refractivity contribution in [2.75, 3.05) is 6.61 Å². The van der Waals surface area contributed by atoms with Crippen LogP contribution in [-0.4, -0.2) is 18.4 Å². The van der Waals surface area contributed by atoms with E-state index in [1.165, 1.54) is 0 Å².